The van der Waals surface area contributed by atoms with Crippen molar-refractivity contribution in [1.29, 1.82) is 0 Å². The first-order chi connectivity index (χ1) is 7.11. The summed E-state index contributed by atoms with van der Waals surface area (Å²) in [7, 11) is 1.58. The highest BCUT2D eigenvalue weighted by Crippen LogP contribution is 2.11. The van der Waals surface area contributed by atoms with E-state index in [2.05, 4.69) is 15.3 Å². The van der Waals surface area contributed by atoms with E-state index in [1.54, 1.807) is 19.4 Å². The molecule has 0 radical (unpaired) electrons. The molecule has 0 bridgehead atoms. The second-order valence-corrected chi connectivity index (χ2v) is 4.23. The van der Waals surface area contributed by atoms with Gasteiger partial charge in [-0.1, -0.05) is 0 Å². The van der Waals surface area contributed by atoms with Gasteiger partial charge in [-0.2, -0.15) is 4.98 Å². The average Bonchev–Trinajstić information content (AvgIpc) is 2.16. The Morgan fingerprint density at radius 3 is 2.87 bits per heavy atom. The highest BCUT2D eigenvalue weighted by atomic mass is 35.5. The molecule has 0 aliphatic carbocycles. The Labute approximate surface area is 95.0 Å². The molecule has 0 fully saturated rings. The number of hydrogen-bond acceptors (Lipinski definition) is 4. The van der Waals surface area contributed by atoms with Crippen LogP contribution in [-0.2, 0) is 0 Å². The number of methoxy groups -OCH3 is 1. The topological polar surface area (TPSA) is 47.0 Å². The van der Waals surface area contributed by atoms with Crippen LogP contribution in [0.4, 0.5) is 5.95 Å². The number of halogens is 1. The third-order valence-corrected chi connectivity index (χ3v) is 2.07. The van der Waals surface area contributed by atoms with Crippen molar-refractivity contribution in [2.45, 2.75) is 31.7 Å². The Balaban J connectivity index is 2.55. The van der Waals surface area contributed by atoms with E-state index in [-0.39, 0.29) is 11.4 Å². The second-order valence-electron chi connectivity index (χ2n) is 3.48. The predicted octanol–water partition coefficient (Wildman–Crippen LogP) is 2.30. The van der Waals surface area contributed by atoms with Gasteiger partial charge in [0, 0.05) is 23.7 Å². The predicted molar refractivity (Wildman–Crippen MR) is 61.6 cm³/mol. The third kappa shape index (κ3) is 4.34. The lowest BCUT2D eigenvalue weighted by atomic mass is 10.2. The van der Waals surface area contributed by atoms with Gasteiger partial charge in [-0.15, -0.1) is 11.6 Å². The Morgan fingerprint density at radius 2 is 2.27 bits per heavy atom. The van der Waals surface area contributed by atoms with Gasteiger partial charge in [-0.05, 0) is 20.3 Å². The monoisotopic (exact) mass is 229 g/mol. The molecule has 0 aromatic carbocycles. The normalized spacial score (nSPS) is 14.4. The fourth-order valence-electron chi connectivity index (χ4n) is 1.29. The molecular formula is C10H16ClN3O. The van der Waals surface area contributed by atoms with Crippen LogP contribution >= 0.6 is 11.6 Å². The molecule has 1 heterocycles. The molecule has 1 aromatic rings. The summed E-state index contributed by atoms with van der Waals surface area (Å²) in [6.45, 7) is 4.01. The minimum atomic E-state index is 0.137. The Hall–Kier alpha value is -1.03. The second kappa shape index (κ2) is 5.75. The first-order valence-electron chi connectivity index (χ1n) is 4.89. The summed E-state index contributed by atoms with van der Waals surface area (Å²) in [5.74, 6) is 1.12. The summed E-state index contributed by atoms with van der Waals surface area (Å²) in [5.41, 5.74) is 0. The number of nitrogens with one attached hydrogen (secondary N) is 1. The van der Waals surface area contributed by atoms with E-state index in [0.29, 0.717) is 11.8 Å². The number of rotatable bonds is 5. The molecule has 0 aliphatic heterocycles. The molecule has 84 valence electrons. The van der Waals surface area contributed by atoms with Gasteiger partial charge in [0.25, 0.3) is 0 Å². The quantitative estimate of drug-likeness (QED) is 0.788. The minimum Gasteiger partial charge on any atom is -0.481 e. The van der Waals surface area contributed by atoms with Gasteiger partial charge >= 0.3 is 0 Å². The van der Waals surface area contributed by atoms with Gasteiger partial charge in [0.05, 0.1) is 7.11 Å². The third-order valence-electron chi connectivity index (χ3n) is 1.89. The van der Waals surface area contributed by atoms with E-state index in [4.69, 9.17) is 16.3 Å². The molecule has 0 spiro atoms. The van der Waals surface area contributed by atoms with Crippen LogP contribution in [0.3, 0.4) is 0 Å². The van der Waals surface area contributed by atoms with Crippen LogP contribution in [-0.4, -0.2) is 28.5 Å². The maximum absolute atomic E-state index is 5.89. The van der Waals surface area contributed by atoms with Crippen LogP contribution in [0, 0.1) is 0 Å². The van der Waals surface area contributed by atoms with Crippen molar-refractivity contribution in [2.75, 3.05) is 12.4 Å². The van der Waals surface area contributed by atoms with Crippen LogP contribution in [0.15, 0.2) is 12.3 Å². The summed E-state index contributed by atoms with van der Waals surface area (Å²) in [4.78, 5) is 8.24. The zero-order valence-electron chi connectivity index (χ0n) is 9.20. The molecule has 1 N–H and O–H groups in total. The van der Waals surface area contributed by atoms with Gasteiger partial charge in [0.1, 0.15) is 0 Å². The lowest BCUT2D eigenvalue weighted by Crippen LogP contribution is -2.20. The molecule has 1 aromatic heterocycles. The van der Waals surface area contributed by atoms with Crippen molar-refractivity contribution in [3.63, 3.8) is 0 Å². The first-order valence-corrected chi connectivity index (χ1v) is 5.33. The summed E-state index contributed by atoms with van der Waals surface area (Å²) in [6.07, 6.45) is 2.52. The lowest BCUT2D eigenvalue weighted by molar-refractivity contribution is 0.397. The molecular weight excluding hydrogens is 214 g/mol. The maximum Gasteiger partial charge on any atom is 0.226 e. The Kier molecular flexibility index (Phi) is 4.62. The van der Waals surface area contributed by atoms with E-state index >= 15 is 0 Å². The van der Waals surface area contributed by atoms with Gasteiger partial charge in [-0.3, -0.25) is 0 Å². The van der Waals surface area contributed by atoms with Crippen LogP contribution in [0.25, 0.3) is 0 Å². The average molecular weight is 230 g/mol. The smallest absolute Gasteiger partial charge is 0.226 e. The van der Waals surface area contributed by atoms with Crippen molar-refractivity contribution < 1.29 is 4.74 Å². The maximum atomic E-state index is 5.89. The molecule has 2 atom stereocenters. The van der Waals surface area contributed by atoms with E-state index in [0.717, 1.165) is 6.42 Å². The largest absolute Gasteiger partial charge is 0.481 e. The zero-order valence-corrected chi connectivity index (χ0v) is 9.95. The summed E-state index contributed by atoms with van der Waals surface area (Å²) < 4.78 is 5.00. The first kappa shape index (κ1) is 12.0. The molecule has 4 nitrogen and oxygen atoms in total. The standard InChI is InChI=1S/C10H16ClN3O/c1-7(11)6-8(2)13-10-12-5-4-9(14-10)15-3/h4-5,7-8H,6H2,1-3H3,(H,12,13,14). The molecule has 1 rings (SSSR count). The number of nitrogens with zero attached hydrogens (tertiary/aromatic N) is 2. The number of aromatic nitrogens is 2. The highest BCUT2D eigenvalue weighted by molar-refractivity contribution is 6.20. The number of alkyl halides is 1. The minimum absolute atomic E-state index is 0.137. The van der Waals surface area contributed by atoms with E-state index < -0.39 is 0 Å². The highest BCUT2D eigenvalue weighted by Gasteiger charge is 2.07. The van der Waals surface area contributed by atoms with Crippen LogP contribution in [0.5, 0.6) is 5.88 Å². The fraction of sp³-hybridized carbons (Fsp3) is 0.600. The van der Waals surface area contributed by atoms with Gasteiger partial charge in [0.2, 0.25) is 11.8 Å². The van der Waals surface area contributed by atoms with Crippen molar-refractivity contribution in [3.8, 4) is 5.88 Å². The number of anilines is 1. The van der Waals surface area contributed by atoms with Crippen molar-refractivity contribution in [3.05, 3.63) is 12.3 Å². The Morgan fingerprint density at radius 1 is 1.53 bits per heavy atom. The SMILES string of the molecule is COc1ccnc(NC(C)CC(C)Cl)n1. The lowest BCUT2D eigenvalue weighted by Gasteiger charge is -2.14. The van der Waals surface area contributed by atoms with E-state index in [1.807, 2.05) is 13.8 Å². The summed E-state index contributed by atoms with van der Waals surface area (Å²) in [6, 6.07) is 1.95. The van der Waals surface area contributed by atoms with Gasteiger partial charge in [-0.25, -0.2) is 4.98 Å². The molecule has 15 heavy (non-hydrogen) atoms. The molecule has 0 amide bonds. The van der Waals surface area contributed by atoms with Crippen molar-refractivity contribution >= 4 is 17.5 Å². The molecule has 0 saturated heterocycles. The van der Waals surface area contributed by atoms with Crippen LogP contribution in [0.2, 0.25) is 0 Å². The Bertz CT molecular complexity index is 306. The van der Waals surface area contributed by atoms with Crippen LogP contribution < -0.4 is 10.1 Å². The van der Waals surface area contributed by atoms with E-state index in [9.17, 15) is 0 Å². The molecule has 5 heteroatoms. The molecule has 0 saturated carbocycles. The fourth-order valence-corrected chi connectivity index (χ4v) is 1.56. The molecule has 2 unspecified atom stereocenters. The molecule has 0 aliphatic rings. The number of ether oxygens (including phenoxy) is 1. The summed E-state index contributed by atoms with van der Waals surface area (Å²) >= 11 is 5.89. The van der Waals surface area contributed by atoms with Gasteiger partial charge < -0.3 is 10.1 Å². The van der Waals surface area contributed by atoms with Gasteiger partial charge in [0.15, 0.2) is 0 Å². The number of hydrogen-bond donors (Lipinski definition) is 1. The van der Waals surface area contributed by atoms with Crippen LogP contribution in [0.1, 0.15) is 20.3 Å². The summed E-state index contributed by atoms with van der Waals surface area (Å²) in [5, 5.41) is 3.30. The van der Waals surface area contributed by atoms with E-state index in [1.165, 1.54) is 0 Å². The van der Waals surface area contributed by atoms with Crippen molar-refractivity contribution in [1.82, 2.24) is 9.97 Å². The van der Waals surface area contributed by atoms with Crippen molar-refractivity contribution in [2.24, 2.45) is 0 Å². The zero-order chi connectivity index (χ0) is 11.3.